The molecular weight excluding hydrogens is 512 g/mol. The highest BCUT2D eigenvalue weighted by atomic mass is 79.9. The van der Waals surface area contributed by atoms with E-state index < -0.39 is 9.84 Å². The topological polar surface area (TPSA) is 68.7 Å². The molecule has 32 heavy (non-hydrogen) atoms. The van der Waals surface area contributed by atoms with Crippen LogP contribution in [0.25, 0.3) is 0 Å². The monoisotopic (exact) mass is 536 g/mol. The van der Waals surface area contributed by atoms with Gasteiger partial charge in [0.2, 0.25) is 0 Å². The van der Waals surface area contributed by atoms with E-state index in [4.69, 9.17) is 14.5 Å². The summed E-state index contributed by atoms with van der Waals surface area (Å²) in [6.45, 7) is 1.36. The molecule has 1 saturated heterocycles. The minimum Gasteiger partial charge on any atom is -0.493 e. The second-order valence-electron chi connectivity index (χ2n) is 7.65. The van der Waals surface area contributed by atoms with Gasteiger partial charge in [-0.1, -0.05) is 18.2 Å². The number of rotatable bonds is 7. The Balaban J connectivity index is 1.41. The Hall–Kier alpha value is -2.10. The number of methoxy groups -OCH3 is 2. The van der Waals surface area contributed by atoms with Crippen molar-refractivity contribution < 1.29 is 17.9 Å². The van der Waals surface area contributed by atoms with Crippen molar-refractivity contribution in [1.82, 2.24) is 4.98 Å². The van der Waals surface area contributed by atoms with E-state index in [2.05, 4.69) is 26.2 Å². The molecule has 9 heteroatoms. The molecule has 1 aliphatic rings. The molecule has 0 aliphatic carbocycles. The van der Waals surface area contributed by atoms with E-state index in [-0.39, 0.29) is 5.25 Å². The third-order valence-electron chi connectivity index (χ3n) is 5.67. The van der Waals surface area contributed by atoms with E-state index >= 15 is 0 Å². The fraction of sp³-hybridized carbons (Fsp3) is 0.348. The van der Waals surface area contributed by atoms with Crippen LogP contribution in [0.3, 0.4) is 0 Å². The summed E-state index contributed by atoms with van der Waals surface area (Å²) in [5.74, 6) is 1.41. The summed E-state index contributed by atoms with van der Waals surface area (Å²) in [4.78, 5) is 7.37. The van der Waals surface area contributed by atoms with Gasteiger partial charge in [0.05, 0.1) is 30.1 Å². The lowest BCUT2D eigenvalue weighted by Gasteiger charge is -2.31. The van der Waals surface area contributed by atoms with E-state index in [1.807, 2.05) is 24.3 Å². The van der Waals surface area contributed by atoms with Gasteiger partial charge in [-0.3, -0.25) is 0 Å². The van der Waals surface area contributed by atoms with Crippen LogP contribution in [0.4, 0.5) is 5.13 Å². The highest BCUT2D eigenvalue weighted by Crippen LogP contribution is 2.33. The fourth-order valence-corrected chi connectivity index (χ4v) is 7.57. The maximum absolute atomic E-state index is 13.1. The molecule has 170 valence electrons. The first kappa shape index (κ1) is 23.1. The smallest absolute Gasteiger partial charge is 0.185 e. The van der Waals surface area contributed by atoms with Gasteiger partial charge < -0.3 is 14.4 Å². The number of anilines is 1. The Morgan fingerprint density at radius 1 is 1.09 bits per heavy atom. The molecule has 0 saturated carbocycles. The second kappa shape index (κ2) is 9.80. The molecule has 6 nitrogen and oxygen atoms in total. The number of hydrogen-bond donors (Lipinski definition) is 0. The van der Waals surface area contributed by atoms with Gasteiger partial charge in [0, 0.05) is 29.4 Å². The minimum absolute atomic E-state index is 0.372. The Morgan fingerprint density at radius 2 is 1.81 bits per heavy atom. The Bertz CT molecular complexity index is 1190. The number of sulfone groups is 1. The van der Waals surface area contributed by atoms with Crippen LogP contribution in [0.5, 0.6) is 11.5 Å². The number of aromatic nitrogens is 1. The first-order valence-corrected chi connectivity index (χ1v) is 13.5. The van der Waals surface area contributed by atoms with Gasteiger partial charge in [0.25, 0.3) is 0 Å². The molecule has 1 aliphatic heterocycles. The number of benzene rings is 2. The second-order valence-corrected chi connectivity index (χ2v) is 11.5. The number of nitrogens with zero attached hydrogens (tertiary/aromatic N) is 2. The minimum atomic E-state index is -3.36. The molecule has 4 rings (SSSR count). The number of ether oxygens (including phenoxy) is 2. The molecule has 2 aromatic carbocycles. The standard InChI is InChI=1S/C23H25BrN2O4S2/c1-29-20-8-7-16(14-21(20)30-2)13-17-15-31-23(25-17)26-11-9-18(10-12-26)32(27,28)22-6-4-3-5-19(22)24/h3-8,14-15,18H,9-13H2,1-2H3. The van der Waals surface area contributed by atoms with E-state index in [1.54, 1.807) is 43.8 Å². The molecule has 0 N–H and O–H groups in total. The van der Waals surface area contributed by atoms with Crippen LogP contribution in [0.15, 0.2) is 57.2 Å². The van der Waals surface area contributed by atoms with Crippen LogP contribution >= 0.6 is 27.3 Å². The van der Waals surface area contributed by atoms with Crippen molar-refractivity contribution >= 4 is 42.2 Å². The van der Waals surface area contributed by atoms with Gasteiger partial charge in [-0.15, -0.1) is 11.3 Å². The van der Waals surface area contributed by atoms with Gasteiger partial charge in [0.1, 0.15) is 0 Å². The molecule has 0 spiro atoms. The summed E-state index contributed by atoms with van der Waals surface area (Å²) in [7, 11) is -0.109. The lowest BCUT2D eigenvalue weighted by molar-refractivity contribution is 0.354. The van der Waals surface area contributed by atoms with Gasteiger partial charge >= 0.3 is 0 Å². The van der Waals surface area contributed by atoms with Gasteiger partial charge in [0.15, 0.2) is 26.5 Å². The zero-order valence-corrected chi connectivity index (χ0v) is 21.2. The molecule has 0 amide bonds. The zero-order chi connectivity index (χ0) is 22.7. The van der Waals surface area contributed by atoms with Crippen molar-refractivity contribution in [3.8, 4) is 11.5 Å². The lowest BCUT2D eigenvalue weighted by Crippen LogP contribution is -2.39. The molecule has 3 aromatic rings. The van der Waals surface area contributed by atoms with Crippen LogP contribution < -0.4 is 14.4 Å². The van der Waals surface area contributed by atoms with Gasteiger partial charge in [-0.05, 0) is 58.6 Å². The van der Waals surface area contributed by atoms with Crippen molar-refractivity contribution in [2.24, 2.45) is 0 Å². The predicted octanol–water partition coefficient (Wildman–Crippen LogP) is 4.96. The summed E-state index contributed by atoms with van der Waals surface area (Å²) in [6.07, 6.45) is 1.88. The fourth-order valence-electron chi connectivity index (χ4n) is 3.93. The zero-order valence-electron chi connectivity index (χ0n) is 18.0. The molecule has 0 radical (unpaired) electrons. The molecule has 2 heterocycles. The maximum Gasteiger partial charge on any atom is 0.185 e. The van der Waals surface area contributed by atoms with Crippen LogP contribution in [-0.2, 0) is 16.3 Å². The summed E-state index contributed by atoms with van der Waals surface area (Å²) in [5, 5.41) is 2.64. The normalized spacial score (nSPS) is 15.0. The van der Waals surface area contributed by atoms with Gasteiger partial charge in [-0.2, -0.15) is 0 Å². The molecule has 0 bridgehead atoms. The van der Waals surface area contributed by atoms with E-state index in [0.717, 1.165) is 16.4 Å². The maximum atomic E-state index is 13.1. The van der Waals surface area contributed by atoms with Crippen molar-refractivity contribution in [2.75, 3.05) is 32.2 Å². The highest BCUT2D eigenvalue weighted by Gasteiger charge is 2.33. The average molecular weight is 538 g/mol. The molecule has 0 unspecified atom stereocenters. The third kappa shape index (κ3) is 4.79. The number of hydrogen-bond acceptors (Lipinski definition) is 7. The Morgan fingerprint density at radius 3 is 2.50 bits per heavy atom. The number of thiazole rings is 1. The number of piperidine rings is 1. The Labute approximate surface area is 201 Å². The van der Waals surface area contributed by atoms with Crippen molar-refractivity contribution in [3.63, 3.8) is 0 Å². The van der Waals surface area contributed by atoms with E-state index in [0.29, 0.717) is 53.2 Å². The summed E-state index contributed by atoms with van der Waals surface area (Å²) >= 11 is 4.98. The average Bonchev–Trinajstić information content (AvgIpc) is 3.27. The first-order valence-electron chi connectivity index (χ1n) is 10.3. The largest absolute Gasteiger partial charge is 0.493 e. The van der Waals surface area contributed by atoms with Crippen LogP contribution in [0, 0.1) is 0 Å². The molecular formula is C23H25BrN2O4S2. The number of halogens is 1. The highest BCUT2D eigenvalue weighted by molar-refractivity contribution is 9.10. The third-order valence-corrected chi connectivity index (χ3v) is 9.89. The molecule has 1 fully saturated rings. The lowest BCUT2D eigenvalue weighted by atomic mass is 10.1. The summed E-state index contributed by atoms with van der Waals surface area (Å²) in [5.41, 5.74) is 2.08. The molecule has 1 aromatic heterocycles. The van der Waals surface area contributed by atoms with Gasteiger partial charge in [-0.25, -0.2) is 13.4 Å². The quantitative estimate of drug-likeness (QED) is 0.425. The van der Waals surface area contributed by atoms with Crippen LogP contribution in [0.1, 0.15) is 24.1 Å². The van der Waals surface area contributed by atoms with E-state index in [1.165, 1.54) is 0 Å². The summed E-state index contributed by atoms with van der Waals surface area (Å²) in [6, 6.07) is 12.9. The summed E-state index contributed by atoms with van der Waals surface area (Å²) < 4.78 is 37.5. The van der Waals surface area contributed by atoms with Crippen LogP contribution in [0.2, 0.25) is 0 Å². The van der Waals surface area contributed by atoms with Crippen LogP contribution in [-0.4, -0.2) is 46.0 Å². The van der Waals surface area contributed by atoms with Crippen molar-refractivity contribution in [1.29, 1.82) is 0 Å². The van der Waals surface area contributed by atoms with E-state index in [9.17, 15) is 8.42 Å². The first-order chi connectivity index (χ1) is 15.4. The van der Waals surface area contributed by atoms with Crippen molar-refractivity contribution in [2.45, 2.75) is 29.4 Å². The molecule has 0 atom stereocenters. The Kier molecular flexibility index (Phi) is 7.07. The van der Waals surface area contributed by atoms with Crippen molar-refractivity contribution in [3.05, 3.63) is 63.6 Å². The SMILES string of the molecule is COc1ccc(Cc2csc(N3CCC(S(=O)(=O)c4ccccc4Br)CC3)n2)cc1OC. The predicted molar refractivity (Wildman–Crippen MR) is 131 cm³/mol.